The molecule has 0 unspecified atom stereocenters. The first-order chi connectivity index (χ1) is 15.3. The van der Waals surface area contributed by atoms with Crippen LogP contribution in [-0.4, -0.2) is 50.1 Å². The summed E-state index contributed by atoms with van der Waals surface area (Å²) in [7, 11) is 0. The molecule has 0 radical (unpaired) electrons. The van der Waals surface area contributed by atoms with Gasteiger partial charge in [-0.3, -0.25) is 9.13 Å². The third-order valence-corrected chi connectivity index (χ3v) is 6.36. The Bertz CT molecular complexity index is 1220. The molecule has 1 aliphatic carbocycles. The highest BCUT2D eigenvalue weighted by Gasteiger charge is 2.39. The fourth-order valence-electron chi connectivity index (χ4n) is 4.98. The fraction of sp³-hybridized carbons (Fsp3) is 0.429. The number of rotatable bonds is 4. The van der Waals surface area contributed by atoms with Crippen molar-refractivity contribution < 1.29 is 0 Å². The zero-order valence-corrected chi connectivity index (χ0v) is 17.6. The van der Waals surface area contributed by atoms with E-state index in [0.29, 0.717) is 17.9 Å². The first-order valence-corrected chi connectivity index (χ1v) is 10.9. The Morgan fingerprint density at radius 2 is 1.94 bits per heavy atom. The second-order valence-corrected chi connectivity index (χ2v) is 8.14. The molecule has 2 aliphatic rings. The molecule has 0 bridgehead atoms. The molecule has 31 heavy (non-hydrogen) atoms. The molecule has 1 aliphatic heterocycles. The lowest BCUT2D eigenvalue weighted by Gasteiger charge is -2.41. The number of aromatic nitrogens is 9. The number of nitrogens with zero attached hydrogens (tertiary/aromatic N) is 10. The Morgan fingerprint density at radius 3 is 2.71 bits per heavy atom. The van der Waals surface area contributed by atoms with Crippen LogP contribution in [0.15, 0.2) is 37.1 Å². The number of fused-ring (bicyclic) bond motifs is 3. The number of hydrogen-bond acceptors (Lipinski definition) is 7. The van der Waals surface area contributed by atoms with Crippen molar-refractivity contribution in [1.29, 1.82) is 0 Å². The maximum atomic E-state index is 5.09. The van der Waals surface area contributed by atoms with Crippen LogP contribution in [0.25, 0.3) is 17.6 Å². The minimum atomic E-state index is 0.146. The van der Waals surface area contributed by atoms with Gasteiger partial charge < -0.3 is 4.90 Å². The Kier molecular flexibility index (Phi) is 4.12. The molecule has 10 nitrogen and oxygen atoms in total. The molecule has 0 saturated heterocycles. The largest absolute Gasteiger partial charge is 0.341 e. The number of anilines is 1. The smallest absolute Gasteiger partial charge is 0.238 e. The fourth-order valence-corrected chi connectivity index (χ4v) is 4.98. The molecule has 0 spiro atoms. The molecule has 6 rings (SSSR count). The molecule has 0 N–H and O–H groups in total. The second-order valence-electron chi connectivity index (χ2n) is 8.14. The highest BCUT2D eigenvalue weighted by atomic mass is 15.4. The van der Waals surface area contributed by atoms with Crippen molar-refractivity contribution in [3.8, 4) is 17.6 Å². The van der Waals surface area contributed by atoms with E-state index in [2.05, 4.69) is 36.7 Å². The van der Waals surface area contributed by atoms with Crippen LogP contribution in [0.3, 0.4) is 0 Å². The van der Waals surface area contributed by atoms with E-state index in [9.17, 15) is 0 Å². The van der Waals surface area contributed by atoms with Gasteiger partial charge in [0.2, 0.25) is 11.9 Å². The van der Waals surface area contributed by atoms with Gasteiger partial charge in [0.05, 0.1) is 12.2 Å². The van der Waals surface area contributed by atoms with Crippen LogP contribution in [-0.2, 0) is 0 Å². The monoisotopic (exact) mass is 416 g/mol. The lowest BCUT2D eigenvalue weighted by Crippen LogP contribution is -2.42. The van der Waals surface area contributed by atoms with Gasteiger partial charge in [0.15, 0.2) is 11.6 Å². The SMILES string of the molecule is CC[C@@H]1c2nnc(C)n2-c2cnc(-n3ccnc3-n3cccn3)nc2N1C1CCCC1. The van der Waals surface area contributed by atoms with Gasteiger partial charge in [-0.15, -0.1) is 10.2 Å². The summed E-state index contributed by atoms with van der Waals surface area (Å²) in [5.74, 6) is 4.02. The standard InChI is InChI=1S/C21H24N10/c1-3-16-19-27-26-14(2)30(19)17-13-23-20(25-18(17)31(16)15-7-4-5-8-15)28-12-10-22-21(28)29-11-6-9-24-29/h6,9-13,15-16H,3-5,7-8H2,1-2H3/t16-/m1/s1. The Balaban J connectivity index is 1.54. The van der Waals surface area contributed by atoms with Gasteiger partial charge in [-0.25, -0.2) is 14.6 Å². The molecular weight excluding hydrogens is 392 g/mol. The zero-order valence-electron chi connectivity index (χ0n) is 17.6. The van der Waals surface area contributed by atoms with Crippen LogP contribution in [0.2, 0.25) is 0 Å². The second kappa shape index (κ2) is 7.00. The molecular formula is C21H24N10. The Hall–Kier alpha value is -3.56. The van der Waals surface area contributed by atoms with Crippen molar-refractivity contribution in [2.24, 2.45) is 0 Å². The van der Waals surface area contributed by atoms with Crippen LogP contribution in [0.1, 0.15) is 56.7 Å². The quantitative estimate of drug-likeness (QED) is 0.505. The molecule has 1 fully saturated rings. The zero-order chi connectivity index (χ0) is 20.9. The molecule has 1 atom stereocenters. The average Bonchev–Trinajstić information content (AvgIpc) is 3.59. The van der Waals surface area contributed by atoms with E-state index in [-0.39, 0.29) is 6.04 Å². The first kappa shape index (κ1) is 18.2. The van der Waals surface area contributed by atoms with Gasteiger partial charge in [0.1, 0.15) is 11.5 Å². The molecule has 4 aromatic rings. The van der Waals surface area contributed by atoms with Crippen molar-refractivity contribution in [3.05, 3.63) is 48.7 Å². The Morgan fingerprint density at radius 1 is 1.06 bits per heavy atom. The number of aryl methyl sites for hydroxylation is 1. The summed E-state index contributed by atoms with van der Waals surface area (Å²) in [5, 5.41) is 13.2. The van der Waals surface area contributed by atoms with Crippen molar-refractivity contribution in [2.45, 2.75) is 58.0 Å². The van der Waals surface area contributed by atoms with Crippen LogP contribution < -0.4 is 4.90 Å². The van der Waals surface area contributed by atoms with E-state index >= 15 is 0 Å². The summed E-state index contributed by atoms with van der Waals surface area (Å²) in [6.45, 7) is 4.19. The van der Waals surface area contributed by atoms with E-state index in [4.69, 9.17) is 9.97 Å². The molecule has 0 amide bonds. The van der Waals surface area contributed by atoms with Crippen LogP contribution in [0.4, 0.5) is 5.82 Å². The maximum Gasteiger partial charge on any atom is 0.238 e. The lowest BCUT2D eigenvalue weighted by molar-refractivity contribution is 0.467. The highest BCUT2D eigenvalue weighted by Crippen LogP contribution is 2.43. The predicted molar refractivity (Wildman–Crippen MR) is 114 cm³/mol. The van der Waals surface area contributed by atoms with E-state index < -0.39 is 0 Å². The summed E-state index contributed by atoms with van der Waals surface area (Å²) in [5.41, 5.74) is 0.943. The van der Waals surface area contributed by atoms with Crippen LogP contribution in [0, 0.1) is 6.92 Å². The van der Waals surface area contributed by atoms with Crippen molar-refractivity contribution in [1.82, 2.24) is 44.1 Å². The van der Waals surface area contributed by atoms with Gasteiger partial charge in [-0.1, -0.05) is 19.8 Å². The Labute approximate surface area is 179 Å². The van der Waals surface area contributed by atoms with E-state index in [1.54, 1.807) is 17.1 Å². The van der Waals surface area contributed by atoms with Gasteiger partial charge in [-0.2, -0.15) is 10.1 Å². The third-order valence-electron chi connectivity index (χ3n) is 6.36. The van der Waals surface area contributed by atoms with E-state index in [1.165, 1.54) is 25.7 Å². The topological polar surface area (TPSA) is 95.4 Å². The van der Waals surface area contributed by atoms with Crippen LogP contribution in [0.5, 0.6) is 0 Å². The third kappa shape index (κ3) is 2.70. The summed E-state index contributed by atoms with van der Waals surface area (Å²) >= 11 is 0. The molecule has 4 aromatic heterocycles. The highest BCUT2D eigenvalue weighted by molar-refractivity contribution is 5.63. The van der Waals surface area contributed by atoms with E-state index in [1.807, 2.05) is 36.1 Å². The molecule has 1 saturated carbocycles. The molecule has 0 aromatic carbocycles. The van der Waals surface area contributed by atoms with Crippen molar-refractivity contribution in [3.63, 3.8) is 0 Å². The molecule has 5 heterocycles. The summed E-state index contributed by atoms with van der Waals surface area (Å²) in [6, 6.07) is 2.47. The van der Waals surface area contributed by atoms with Gasteiger partial charge in [0.25, 0.3) is 0 Å². The summed E-state index contributed by atoms with van der Waals surface area (Å²) < 4.78 is 5.70. The summed E-state index contributed by atoms with van der Waals surface area (Å²) in [4.78, 5) is 16.7. The van der Waals surface area contributed by atoms with Crippen molar-refractivity contribution in [2.75, 3.05) is 4.90 Å². The normalized spacial score (nSPS) is 18.4. The minimum absolute atomic E-state index is 0.146. The van der Waals surface area contributed by atoms with E-state index in [0.717, 1.165) is 29.6 Å². The number of imidazole rings is 1. The maximum absolute atomic E-state index is 5.09. The summed E-state index contributed by atoms with van der Waals surface area (Å²) in [6.07, 6.45) is 14.9. The first-order valence-electron chi connectivity index (χ1n) is 10.9. The number of hydrogen-bond donors (Lipinski definition) is 0. The molecule has 10 heteroatoms. The average molecular weight is 416 g/mol. The van der Waals surface area contributed by atoms with Crippen molar-refractivity contribution >= 4 is 5.82 Å². The van der Waals surface area contributed by atoms with Gasteiger partial charge >= 0.3 is 0 Å². The minimum Gasteiger partial charge on any atom is -0.341 e. The lowest BCUT2D eigenvalue weighted by atomic mass is 10.0. The van der Waals surface area contributed by atoms with Gasteiger partial charge in [-0.05, 0) is 32.3 Å². The van der Waals surface area contributed by atoms with Gasteiger partial charge in [0, 0.05) is 30.8 Å². The predicted octanol–water partition coefficient (Wildman–Crippen LogP) is 2.95. The molecule has 158 valence electrons. The van der Waals surface area contributed by atoms with Crippen LogP contribution >= 0.6 is 0 Å².